The van der Waals surface area contributed by atoms with E-state index in [-0.39, 0.29) is 11.5 Å². The number of alkyl halides is 2. The molecule has 0 radical (unpaired) electrons. The number of halogens is 2. The van der Waals surface area contributed by atoms with Gasteiger partial charge in [0, 0.05) is 22.6 Å². The summed E-state index contributed by atoms with van der Waals surface area (Å²) in [5, 5.41) is 1.76. The molecule has 0 aliphatic carbocycles. The van der Waals surface area contributed by atoms with Crippen molar-refractivity contribution in [1.29, 1.82) is 0 Å². The van der Waals surface area contributed by atoms with Crippen molar-refractivity contribution in [2.24, 2.45) is 0 Å². The Bertz CT molecular complexity index is 1010. The molecule has 152 valence electrons. The predicted molar refractivity (Wildman–Crippen MR) is 105 cm³/mol. The maximum absolute atomic E-state index is 12.9. The molecule has 1 atom stereocenters. The number of esters is 1. The number of aryl methyl sites for hydroxylation is 1. The van der Waals surface area contributed by atoms with Gasteiger partial charge >= 0.3 is 12.6 Å². The summed E-state index contributed by atoms with van der Waals surface area (Å²) in [6.07, 6.45) is -0.944. The molecule has 0 aliphatic heterocycles. The van der Waals surface area contributed by atoms with E-state index >= 15 is 0 Å². The smallest absolute Gasteiger partial charge is 0.387 e. The molecular formula is C21H19F2NO4S. The highest BCUT2D eigenvalue weighted by atomic mass is 32.1. The lowest BCUT2D eigenvalue weighted by atomic mass is 10.1. The Morgan fingerprint density at radius 1 is 1.10 bits per heavy atom. The van der Waals surface area contributed by atoms with Crippen LogP contribution in [0.3, 0.4) is 0 Å². The first kappa shape index (κ1) is 20.7. The zero-order valence-corrected chi connectivity index (χ0v) is 16.8. The Hall–Kier alpha value is -3.00. The van der Waals surface area contributed by atoms with E-state index in [4.69, 9.17) is 4.74 Å². The van der Waals surface area contributed by atoms with Gasteiger partial charge in [-0.05, 0) is 62.5 Å². The fourth-order valence-corrected chi connectivity index (χ4v) is 3.68. The van der Waals surface area contributed by atoms with E-state index in [0.29, 0.717) is 21.8 Å². The van der Waals surface area contributed by atoms with Crippen molar-refractivity contribution in [1.82, 2.24) is 4.57 Å². The normalized spacial score (nSPS) is 12.1. The number of rotatable bonds is 7. The summed E-state index contributed by atoms with van der Waals surface area (Å²) in [7, 11) is 0. The van der Waals surface area contributed by atoms with Gasteiger partial charge in [0.15, 0.2) is 6.10 Å². The first-order valence-electron chi connectivity index (χ1n) is 8.81. The van der Waals surface area contributed by atoms with Crippen molar-refractivity contribution in [3.05, 3.63) is 69.7 Å². The van der Waals surface area contributed by atoms with Crippen molar-refractivity contribution >= 4 is 23.1 Å². The second kappa shape index (κ2) is 8.57. The van der Waals surface area contributed by atoms with Crippen molar-refractivity contribution in [2.45, 2.75) is 33.5 Å². The van der Waals surface area contributed by atoms with Crippen LogP contribution in [-0.4, -0.2) is 29.0 Å². The lowest BCUT2D eigenvalue weighted by molar-refractivity contribution is -0.0498. The van der Waals surface area contributed by atoms with Crippen LogP contribution in [0.4, 0.5) is 8.78 Å². The van der Waals surface area contributed by atoms with Crippen LogP contribution in [0.2, 0.25) is 0 Å². The van der Waals surface area contributed by atoms with Gasteiger partial charge in [0.1, 0.15) is 10.6 Å². The highest BCUT2D eigenvalue weighted by molar-refractivity contribution is 7.11. The predicted octanol–water partition coefficient (Wildman–Crippen LogP) is 5.19. The van der Waals surface area contributed by atoms with E-state index in [1.165, 1.54) is 30.4 Å². The molecule has 0 amide bonds. The maximum atomic E-state index is 12.9. The van der Waals surface area contributed by atoms with Crippen LogP contribution in [0.25, 0.3) is 5.69 Å². The van der Waals surface area contributed by atoms with Gasteiger partial charge < -0.3 is 14.0 Å². The Morgan fingerprint density at radius 3 is 2.38 bits per heavy atom. The third-order valence-electron chi connectivity index (χ3n) is 4.39. The number of carbonyl (C=O) groups is 2. The fraction of sp³-hybridized carbons (Fsp3) is 0.238. The molecule has 0 N–H and O–H groups in total. The minimum Gasteiger partial charge on any atom is -0.450 e. The number of ketones is 1. The van der Waals surface area contributed by atoms with Crippen LogP contribution in [0, 0.1) is 13.8 Å². The molecule has 0 spiro atoms. The summed E-state index contributed by atoms with van der Waals surface area (Å²) in [6, 6.07) is 11.2. The molecule has 5 nitrogen and oxygen atoms in total. The van der Waals surface area contributed by atoms with E-state index in [9.17, 15) is 18.4 Å². The summed E-state index contributed by atoms with van der Waals surface area (Å²) in [4.78, 5) is 25.4. The third-order valence-corrected chi connectivity index (χ3v) is 5.24. The number of aromatic nitrogens is 1. The van der Waals surface area contributed by atoms with E-state index < -0.39 is 18.7 Å². The van der Waals surface area contributed by atoms with E-state index in [0.717, 1.165) is 5.69 Å². The van der Waals surface area contributed by atoms with E-state index in [2.05, 4.69) is 4.74 Å². The molecule has 2 heterocycles. The van der Waals surface area contributed by atoms with Gasteiger partial charge in [0.05, 0.1) is 0 Å². The molecule has 1 unspecified atom stereocenters. The molecule has 1 aromatic carbocycles. The number of carbonyl (C=O) groups excluding carboxylic acids is 2. The third kappa shape index (κ3) is 4.54. The number of ether oxygens (including phenoxy) is 2. The van der Waals surface area contributed by atoms with Crippen LogP contribution in [-0.2, 0) is 4.74 Å². The van der Waals surface area contributed by atoms with Gasteiger partial charge in [0.25, 0.3) is 0 Å². The largest absolute Gasteiger partial charge is 0.450 e. The average Bonchev–Trinajstić information content (AvgIpc) is 3.30. The zero-order chi connectivity index (χ0) is 21.1. The van der Waals surface area contributed by atoms with Gasteiger partial charge in [-0.3, -0.25) is 4.79 Å². The second-order valence-corrected chi connectivity index (χ2v) is 7.33. The Balaban J connectivity index is 1.81. The molecule has 3 aromatic rings. The van der Waals surface area contributed by atoms with Gasteiger partial charge in [-0.1, -0.05) is 6.07 Å². The number of hydrogen-bond acceptors (Lipinski definition) is 5. The maximum Gasteiger partial charge on any atom is 0.387 e. The molecule has 29 heavy (non-hydrogen) atoms. The Morgan fingerprint density at radius 2 is 1.79 bits per heavy atom. The number of thiophene rings is 1. The van der Waals surface area contributed by atoms with Crippen molar-refractivity contribution < 1.29 is 27.8 Å². The molecule has 2 aromatic heterocycles. The highest BCUT2D eigenvalue weighted by Gasteiger charge is 2.25. The molecule has 8 heteroatoms. The quantitative estimate of drug-likeness (QED) is 0.391. The molecular weight excluding hydrogens is 400 g/mol. The highest BCUT2D eigenvalue weighted by Crippen LogP contribution is 2.25. The number of nitrogens with zero attached hydrogens (tertiary/aromatic N) is 1. The van der Waals surface area contributed by atoms with Gasteiger partial charge in [0.2, 0.25) is 5.78 Å². The molecule has 0 aliphatic rings. The molecule has 0 fully saturated rings. The minimum absolute atomic E-state index is 0.0524. The van der Waals surface area contributed by atoms with Crippen molar-refractivity contribution in [3.63, 3.8) is 0 Å². The minimum atomic E-state index is -2.89. The van der Waals surface area contributed by atoms with Crippen LogP contribution >= 0.6 is 11.3 Å². The SMILES string of the molecule is Cc1cc(C(=O)C(C)OC(=O)c2cccs2)c(C)n1-c1ccc(OC(F)F)cc1. The zero-order valence-electron chi connectivity index (χ0n) is 16.0. The van der Waals surface area contributed by atoms with Crippen LogP contribution in [0.1, 0.15) is 38.3 Å². The van der Waals surface area contributed by atoms with Gasteiger partial charge in [-0.2, -0.15) is 8.78 Å². The number of hydrogen-bond donors (Lipinski definition) is 0. The summed E-state index contributed by atoms with van der Waals surface area (Å²) >= 11 is 1.25. The van der Waals surface area contributed by atoms with Crippen molar-refractivity contribution in [2.75, 3.05) is 0 Å². The van der Waals surface area contributed by atoms with E-state index in [1.54, 1.807) is 42.6 Å². The fourth-order valence-electron chi connectivity index (χ4n) is 3.07. The first-order chi connectivity index (χ1) is 13.8. The van der Waals surface area contributed by atoms with Crippen molar-refractivity contribution in [3.8, 4) is 11.4 Å². The van der Waals surface area contributed by atoms with Gasteiger partial charge in [-0.15, -0.1) is 11.3 Å². The topological polar surface area (TPSA) is 57.5 Å². The summed E-state index contributed by atoms with van der Waals surface area (Å²) < 4.78 is 36.1. The molecule has 0 bridgehead atoms. The van der Waals surface area contributed by atoms with Crippen LogP contribution in [0.15, 0.2) is 47.8 Å². The Kier molecular flexibility index (Phi) is 6.12. The number of Topliss-reactive ketones (excluding diaryl/α,β-unsaturated/α-hetero) is 1. The number of benzene rings is 1. The first-order valence-corrected chi connectivity index (χ1v) is 9.68. The average molecular weight is 419 g/mol. The summed E-state index contributed by atoms with van der Waals surface area (Å²) in [5.74, 6) is -0.798. The standard InChI is InChI=1S/C21H19F2NO4S/c1-12-11-17(19(25)14(3)27-20(26)18-5-4-10-29-18)13(2)24(12)15-6-8-16(9-7-15)28-21(22)23/h4-11,14,21H,1-3H3. The monoisotopic (exact) mass is 419 g/mol. The summed E-state index contributed by atoms with van der Waals surface area (Å²) in [5.41, 5.74) is 2.57. The second-order valence-electron chi connectivity index (χ2n) is 6.38. The molecule has 0 saturated heterocycles. The lowest BCUT2D eigenvalue weighted by Gasteiger charge is -2.13. The Labute approximate surface area is 170 Å². The van der Waals surface area contributed by atoms with Gasteiger partial charge in [-0.25, -0.2) is 4.79 Å². The molecule has 3 rings (SSSR count). The van der Waals surface area contributed by atoms with E-state index in [1.807, 2.05) is 11.5 Å². The van der Waals surface area contributed by atoms with Crippen LogP contribution < -0.4 is 4.74 Å². The summed E-state index contributed by atoms with van der Waals surface area (Å²) in [6.45, 7) is 2.25. The lowest BCUT2D eigenvalue weighted by Crippen LogP contribution is -2.24. The van der Waals surface area contributed by atoms with Crippen LogP contribution in [0.5, 0.6) is 5.75 Å². The molecule has 0 saturated carbocycles.